The quantitative estimate of drug-likeness (QED) is 0.195. The van der Waals surface area contributed by atoms with Crippen LogP contribution in [0.2, 0.25) is 0 Å². The number of benzene rings is 1. The van der Waals surface area contributed by atoms with Gasteiger partial charge in [0.15, 0.2) is 0 Å². The molecule has 1 amide bonds. The van der Waals surface area contributed by atoms with Crippen LogP contribution in [0.4, 0.5) is 4.79 Å². The Morgan fingerprint density at radius 2 is 1.57 bits per heavy atom. The van der Waals surface area contributed by atoms with Crippen LogP contribution < -0.4 is 10.1 Å². The van der Waals surface area contributed by atoms with Gasteiger partial charge in [0, 0.05) is 6.08 Å². The standard InChI is InChI=1S/C27H39NO7/c1-5-27(2,3)25(30)33-17-16-28-26(31)35-19-22-8-6-21(7-9-22)18-34-24(29)15-12-20-10-13-23(32-4)14-11-20/h10-15,21-22H,5-9,16-19H2,1-4H3,(H,28,31)/b15-12+. The highest BCUT2D eigenvalue weighted by Gasteiger charge is 2.27. The maximum absolute atomic E-state index is 12.0. The molecule has 0 spiro atoms. The van der Waals surface area contributed by atoms with Crippen molar-refractivity contribution >= 4 is 24.1 Å². The normalized spacial score (nSPS) is 18.1. The summed E-state index contributed by atoms with van der Waals surface area (Å²) in [5.41, 5.74) is 0.375. The van der Waals surface area contributed by atoms with Crippen molar-refractivity contribution in [3.63, 3.8) is 0 Å². The van der Waals surface area contributed by atoms with Crippen LogP contribution in [0.25, 0.3) is 6.08 Å². The number of nitrogens with one attached hydrogen (secondary N) is 1. The Hall–Kier alpha value is -3.03. The third-order valence-electron chi connectivity index (χ3n) is 6.45. The zero-order valence-corrected chi connectivity index (χ0v) is 21.3. The van der Waals surface area contributed by atoms with Gasteiger partial charge in [0.2, 0.25) is 0 Å². The minimum Gasteiger partial charge on any atom is -0.497 e. The molecule has 0 aromatic heterocycles. The topological polar surface area (TPSA) is 100 Å². The Labute approximate surface area is 208 Å². The van der Waals surface area contributed by atoms with E-state index in [-0.39, 0.29) is 25.1 Å². The molecule has 1 N–H and O–H groups in total. The molecule has 0 aliphatic heterocycles. The van der Waals surface area contributed by atoms with E-state index in [0.29, 0.717) is 31.5 Å². The number of rotatable bonds is 12. The van der Waals surface area contributed by atoms with Gasteiger partial charge in [-0.1, -0.05) is 19.1 Å². The third kappa shape index (κ3) is 10.4. The van der Waals surface area contributed by atoms with Gasteiger partial charge in [-0.2, -0.15) is 0 Å². The van der Waals surface area contributed by atoms with Gasteiger partial charge in [-0.3, -0.25) is 4.79 Å². The minimum atomic E-state index is -0.522. The van der Waals surface area contributed by atoms with E-state index in [1.165, 1.54) is 6.08 Å². The van der Waals surface area contributed by atoms with Crippen LogP contribution in [0.1, 0.15) is 58.4 Å². The molecule has 8 nitrogen and oxygen atoms in total. The van der Waals surface area contributed by atoms with E-state index in [1.807, 2.05) is 45.0 Å². The smallest absolute Gasteiger partial charge is 0.407 e. The first-order valence-corrected chi connectivity index (χ1v) is 12.3. The van der Waals surface area contributed by atoms with Crippen molar-refractivity contribution in [2.45, 2.75) is 52.9 Å². The molecule has 0 bridgehead atoms. The predicted octanol–water partition coefficient (Wildman–Crippen LogP) is 4.76. The second kappa shape index (κ2) is 14.4. The molecule has 0 saturated heterocycles. The lowest BCUT2D eigenvalue weighted by molar-refractivity contribution is -0.153. The zero-order valence-electron chi connectivity index (χ0n) is 21.3. The maximum Gasteiger partial charge on any atom is 0.407 e. The van der Waals surface area contributed by atoms with Crippen LogP contribution in [0.3, 0.4) is 0 Å². The number of hydrogen-bond donors (Lipinski definition) is 1. The Bertz CT molecular complexity index is 840. The van der Waals surface area contributed by atoms with Gasteiger partial charge in [-0.05, 0) is 81.6 Å². The molecule has 1 fully saturated rings. The summed E-state index contributed by atoms with van der Waals surface area (Å²) in [7, 11) is 1.61. The minimum absolute atomic E-state index is 0.122. The first kappa shape index (κ1) is 28.2. The summed E-state index contributed by atoms with van der Waals surface area (Å²) < 4.78 is 21.0. The number of hydrogen-bond acceptors (Lipinski definition) is 7. The summed E-state index contributed by atoms with van der Waals surface area (Å²) in [6, 6.07) is 7.41. The lowest BCUT2D eigenvalue weighted by Crippen LogP contribution is -2.33. The summed E-state index contributed by atoms with van der Waals surface area (Å²) in [4.78, 5) is 35.8. The van der Waals surface area contributed by atoms with Gasteiger partial charge in [0.1, 0.15) is 12.4 Å². The number of ether oxygens (including phenoxy) is 4. The Morgan fingerprint density at radius 1 is 0.971 bits per heavy atom. The SMILES string of the molecule is CCC(C)(C)C(=O)OCCNC(=O)OCC1CCC(COC(=O)/C=C/c2ccc(OC)cc2)CC1. The molecular weight excluding hydrogens is 450 g/mol. The van der Waals surface area contributed by atoms with Crippen molar-refractivity contribution in [3.8, 4) is 5.75 Å². The summed E-state index contributed by atoms with van der Waals surface area (Å²) >= 11 is 0. The lowest BCUT2D eigenvalue weighted by atomic mass is 9.83. The summed E-state index contributed by atoms with van der Waals surface area (Å²) in [6.45, 7) is 6.68. The summed E-state index contributed by atoms with van der Waals surface area (Å²) in [5, 5.41) is 2.61. The van der Waals surface area contributed by atoms with E-state index in [2.05, 4.69) is 5.32 Å². The molecule has 2 rings (SSSR count). The van der Waals surface area contributed by atoms with Crippen LogP contribution >= 0.6 is 0 Å². The zero-order chi connectivity index (χ0) is 25.7. The van der Waals surface area contributed by atoms with Crippen LogP contribution in [0, 0.1) is 17.3 Å². The van der Waals surface area contributed by atoms with Crippen molar-refractivity contribution in [1.29, 1.82) is 0 Å². The van der Waals surface area contributed by atoms with Gasteiger partial charge in [0.05, 0.1) is 32.3 Å². The largest absolute Gasteiger partial charge is 0.497 e. The number of methoxy groups -OCH3 is 1. The van der Waals surface area contributed by atoms with Crippen molar-refractivity contribution in [2.24, 2.45) is 17.3 Å². The van der Waals surface area contributed by atoms with E-state index in [1.54, 1.807) is 13.2 Å². The van der Waals surface area contributed by atoms with Crippen LogP contribution in [-0.2, 0) is 23.8 Å². The molecule has 1 saturated carbocycles. The fourth-order valence-corrected chi connectivity index (χ4v) is 3.57. The van der Waals surface area contributed by atoms with Crippen molar-refractivity contribution < 1.29 is 33.3 Å². The first-order chi connectivity index (χ1) is 16.7. The molecule has 1 aromatic rings. The summed E-state index contributed by atoms with van der Waals surface area (Å²) in [5.74, 6) is 0.754. The van der Waals surface area contributed by atoms with Gasteiger partial charge in [-0.15, -0.1) is 0 Å². The van der Waals surface area contributed by atoms with Gasteiger partial charge in [-0.25, -0.2) is 9.59 Å². The average molecular weight is 490 g/mol. The molecule has 1 aliphatic carbocycles. The van der Waals surface area contributed by atoms with Crippen LogP contribution in [-0.4, -0.2) is 51.5 Å². The number of carbonyl (C=O) groups is 3. The van der Waals surface area contributed by atoms with Crippen LogP contribution in [0.15, 0.2) is 30.3 Å². The van der Waals surface area contributed by atoms with E-state index in [9.17, 15) is 14.4 Å². The number of carbonyl (C=O) groups excluding carboxylic acids is 3. The van der Waals surface area contributed by atoms with E-state index in [0.717, 1.165) is 37.0 Å². The molecule has 8 heteroatoms. The number of alkyl carbamates (subject to hydrolysis) is 1. The van der Waals surface area contributed by atoms with E-state index >= 15 is 0 Å². The fraction of sp³-hybridized carbons (Fsp3) is 0.593. The fourth-order valence-electron chi connectivity index (χ4n) is 3.57. The maximum atomic E-state index is 12.0. The van der Waals surface area contributed by atoms with Gasteiger partial charge in [0.25, 0.3) is 0 Å². The molecule has 0 unspecified atom stereocenters. The number of esters is 2. The highest BCUT2D eigenvalue weighted by Crippen LogP contribution is 2.29. The van der Waals surface area contributed by atoms with Crippen LogP contribution in [0.5, 0.6) is 5.75 Å². The van der Waals surface area contributed by atoms with E-state index < -0.39 is 11.5 Å². The molecule has 1 aliphatic rings. The van der Waals surface area contributed by atoms with Crippen molar-refractivity contribution in [1.82, 2.24) is 5.32 Å². The summed E-state index contributed by atoms with van der Waals surface area (Å²) in [6.07, 6.45) is 7.02. The van der Waals surface area contributed by atoms with Crippen molar-refractivity contribution in [2.75, 3.05) is 33.5 Å². The highest BCUT2D eigenvalue weighted by atomic mass is 16.6. The molecule has 1 aromatic carbocycles. The second-order valence-electron chi connectivity index (χ2n) is 9.52. The van der Waals surface area contributed by atoms with Crippen molar-refractivity contribution in [3.05, 3.63) is 35.9 Å². The second-order valence-corrected chi connectivity index (χ2v) is 9.52. The Morgan fingerprint density at radius 3 is 2.14 bits per heavy atom. The molecule has 35 heavy (non-hydrogen) atoms. The molecular formula is C27H39NO7. The van der Waals surface area contributed by atoms with Gasteiger partial charge < -0.3 is 24.3 Å². The number of amides is 1. The first-order valence-electron chi connectivity index (χ1n) is 12.3. The van der Waals surface area contributed by atoms with Gasteiger partial charge >= 0.3 is 18.0 Å². The molecule has 194 valence electrons. The monoisotopic (exact) mass is 489 g/mol. The molecule has 0 heterocycles. The average Bonchev–Trinajstić information content (AvgIpc) is 2.88. The van der Waals surface area contributed by atoms with E-state index in [4.69, 9.17) is 18.9 Å². The highest BCUT2D eigenvalue weighted by molar-refractivity contribution is 5.87. The molecule has 0 radical (unpaired) electrons. The Balaban J connectivity index is 1.55. The lowest BCUT2D eigenvalue weighted by Gasteiger charge is -2.27. The third-order valence-corrected chi connectivity index (χ3v) is 6.45. The Kier molecular flexibility index (Phi) is 11.6. The molecule has 0 atom stereocenters. The predicted molar refractivity (Wildman–Crippen MR) is 133 cm³/mol.